The van der Waals surface area contributed by atoms with Crippen LogP contribution in [0.25, 0.3) is 10.9 Å². The van der Waals surface area contributed by atoms with Crippen molar-refractivity contribution in [1.29, 1.82) is 0 Å². The minimum atomic E-state index is -0.484. The Hall–Kier alpha value is -1.34. The first-order chi connectivity index (χ1) is 14.2. The van der Waals surface area contributed by atoms with Gasteiger partial charge in [0.05, 0.1) is 22.9 Å². The number of halogens is 1. The lowest BCUT2D eigenvalue weighted by atomic mass is 9.72. The third kappa shape index (κ3) is 3.15. The highest BCUT2D eigenvalue weighted by Gasteiger charge is 2.54. The summed E-state index contributed by atoms with van der Waals surface area (Å²) in [4.78, 5) is 0. The predicted octanol–water partition coefficient (Wildman–Crippen LogP) is 4.98. The van der Waals surface area contributed by atoms with Crippen LogP contribution >= 0.6 is 11.6 Å². The Morgan fingerprint density at radius 1 is 1.23 bits per heavy atom. The van der Waals surface area contributed by atoms with Gasteiger partial charge in [-0.2, -0.15) is 5.10 Å². The van der Waals surface area contributed by atoms with Gasteiger partial charge in [-0.3, -0.25) is 0 Å². The largest absolute Gasteiger partial charge is 0.495 e. The predicted molar refractivity (Wildman–Crippen MR) is 120 cm³/mol. The smallest absolute Gasteiger partial charge is 0.399 e. The van der Waals surface area contributed by atoms with Gasteiger partial charge in [0.1, 0.15) is 0 Å². The van der Waals surface area contributed by atoms with Crippen LogP contribution in [-0.4, -0.2) is 34.7 Å². The molecular weight excluding hydrogens is 399 g/mol. The van der Waals surface area contributed by atoms with E-state index in [-0.39, 0.29) is 6.23 Å². The SMILES string of the molecule is C=C[C@@H]1C[C@@H]1c1c(Cl)cc2c(cnn2C2CCCCO2)c1B1OC(C)(C)C(C)(C)O1. The van der Waals surface area contributed by atoms with Crippen molar-refractivity contribution >= 4 is 35.1 Å². The van der Waals surface area contributed by atoms with Crippen LogP contribution in [0.5, 0.6) is 0 Å². The van der Waals surface area contributed by atoms with Crippen LogP contribution < -0.4 is 5.46 Å². The minimum absolute atomic E-state index is 0.0498. The fourth-order valence-electron chi connectivity index (χ4n) is 4.74. The number of allylic oxidation sites excluding steroid dienone is 1. The van der Waals surface area contributed by atoms with Gasteiger partial charge in [0.2, 0.25) is 0 Å². The number of hydrogen-bond acceptors (Lipinski definition) is 4. The highest BCUT2D eigenvalue weighted by atomic mass is 35.5. The van der Waals surface area contributed by atoms with Crippen molar-refractivity contribution in [2.45, 2.75) is 76.7 Å². The molecule has 1 unspecified atom stereocenters. The average Bonchev–Trinajstić information content (AvgIpc) is 3.30. The van der Waals surface area contributed by atoms with E-state index in [4.69, 9.17) is 30.7 Å². The molecule has 160 valence electrons. The third-order valence-corrected chi connectivity index (χ3v) is 7.68. The van der Waals surface area contributed by atoms with Gasteiger partial charge in [-0.25, -0.2) is 4.68 Å². The first-order valence-corrected chi connectivity index (χ1v) is 11.4. The molecule has 2 aromatic rings. The molecule has 3 fully saturated rings. The van der Waals surface area contributed by atoms with Gasteiger partial charge in [-0.15, -0.1) is 6.58 Å². The Morgan fingerprint density at radius 3 is 2.57 bits per heavy atom. The highest BCUT2D eigenvalue weighted by Crippen LogP contribution is 2.51. The Labute approximate surface area is 183 Å². The molecular formula is C23H30BClN2O3. The Bertz CT molecular complexity index is 980. The Morgan fingerprint density at radius 2 is 1.97 bits per heavy atom. The van der Waals surface area contributed by atoms with E-state index in [0.29, 0.717) is 11.8 Å². The van der Waals surface area contributed by atoms with Crippen LogP contribution in [0.15, 0.2) is 24.9 Å². The fourth-order valence-corrected chi connectivity index (χ4v) is 5.08. The van der Waals surface area contributed by atoms with Crippen molar-refractivity contribution in [1.82, 2.24) is 9.78 Å². The Kier molecular flexibility index (Phi) is 4.86. The number of benzene rings is 1. The monoisotopic (exact) mass is 428 g/mol. The number of hydrogen-bond donors (Lipinski definition) is 0. The van der Waals surface area contributed by atoms with Crippen LogP contribution in [0.4, 0.5) is 0 Å². The van der Waals surface area contributed by atoms with Crippen molar-refractivity contribution in [3.05, 3.63) is 35.5 Å². The molecule has 5 nitrogen and oxygen atoms in total. The van der Waals surface area contributed by atoms with E-state index in [0.717, 1.165) is 59.2 Å². The summed E-state index contributed by atoms with van der Waals surface area (Å²) in [5.41, 5.74) is 2.28. The molecule has 1 aromatic heterocycles. The molecule has 1 saturated carbocycles. The van der Waals surface area contributed by atoms with Gasteiger partial charge in [-0.05, 0) is 82.3 Å². The van der Waals surface area contributed by atoms with Gasteiger partial charge >= 0.3 is 7.12 Å². The van der Waals surface area contributed by atoms with Crippen molar-refractivity contribution < 1.29 is 14.0 Å². The van der Waals surface area contributed by atoms with E-state index < -0.39 is 18.3 Å². The van der Waals surface area contributed by atoms with Gasteiger partial charge in [0.15, 0.2) is 6.23 Å². The molecule has 0 amide bonds. The number of rotatable bonds is 4. The quantitative estimate of drug-likeness (QED) is 0.509. The zero-order chi connectivity index (χ0) is 21.3. The summed E-state index contributed by atoms with van der Waals surface area (Å²) in [6.07, 6.45) is 8.17. The second-order valence-corrected chi connectivity index (χ2v) is 10.3. The van der Waals surface area contributed by atoms with Crippen molar-refractivity contribution in [3.63, 3.8) is 0 Å². The molecule has 3 atom stereocenters. The number of ether oxygens (including phenoxy) is 1. The van der Waals surface area contributed by atoms with Crippen LogP contribution in [-0.2, 0) is 14.0 Å². The van der Waals surface area contributed by atoms with E-state index >= 15 is 0 Å². The third-order valence-electron chi connectivity index (χ3n) is 7.37. The summed E-state index contributed by atoms with van der Waals surface area (Å²) < 4.78 is 21.0. The lowest BCUT2D eigenvalue weighted by Crippen LogP contribution is -2.41. The molecule has 30 heavy (non-hydrogen) atoms. The zero-order valence-electron chi connectivity index (χ0n) is 18.3. The standard InChI is InChI=1S/C23H30BClN2O3/c1-6-14-11-15(14)20-17(25)12-18-16(13-26-27(18)19-9-7-8-10-28-19)21(20)24-29-22(2,3)23(4,5)30-24/h6,12-15,19H,1,7-11H2,2-5H3/t14-,15+,19?/m1/s1. The lowest BCUT2D eigenvalue weighted by Gasteiger charge is -2.32. The molecule has 0 spiro atoms. The first-order valence-electron chi connectivity index (χ1n) is 11.0. The molecule has 1 aliphatic carbocycles. The second kappa shape index (κ2) is 7.09. The van der Waals surface area contributed by atoms with Gasteiger partial charge in [-0.1, -0.05) is 17.7 Å². The summed E-state index contributed by atoms with van der Waals surface area (Å²) >= 11 is 6.93. The van der Waals surface area contributed by atoms with E-state index in [9.17, 15) is 0 Å². The molecule has 2 aliphatic heterocycles. The van der Waals surface area contributed by atoms with Gasteiger partial charge in [0.25, 0.3) is 0 Å². The zero-order valence-corrected chi connectivity index (χ0v) is 19.0. The molecule has 0 bridgehead atoms. The van der Waals surface area contributed by atoms with E-state index in [1.54, 1.807) is 0 Å². The van der Waals surface area contributed by atoms with E-state index in [2.05, 4.69) is 34.3 Å². The summed E-state index contributed by atoms with van der Waals surface area (Å²) in [6, 6.07) is 2.05. The summed E-state index contributed by atoms with van der Waals surface area (Å²) in [5.74, 6) is 0.792. The molecule has 3 heterocycles. The van der Waals surface area contributed by atoms with Crippen molar-refractivity contribution in [2.24, 2.45) is 5.92 Å². The van der Waals surface area contributed by atoms with E-state index in [1.165, 1.54) is 0 Å². The maximum absolute atomic E-state index is 6.93. The number of aromatic nitrogens is 2. The maximum atomic E-state index is 6.93. The molecule has 2 saturated heterocycles. The fraction of sp³-hybridized carbons (Fsp3) is 0.609. The van der Waals surface area contributed by atoms with Crippen LogP contribution in [0.3, 0.4) is 0 Å². The van der Waals surface area contributed by atoms with Crippen LogP contribution in [0, 0.1) is 5.92 Å². The summed E-state index contributed by atoms with van der Waals surface area (Å²) in [6.45, 7) is 13.1. The number of nitrogens with zero attached hydrogens (tertiary/aromatic N) is 2. The Balaban J connectivity index is 1.67. The first kappa shape index (κ1) is 20.6. The van der Waals surface area contributed by atoms with Crippen LogP contribution in [0.2, 0.25) is 5.02 Å². The van der Waals surface area contributed by atoms with E-state index in [1.807, 2.05) is 23.0 Å². The molecule has 7 heteroatoms. The number of fused-ring (bicyclic) bond motifs is 1. The molecule has 0 radical (unpaired) electrons. The normalized spacial score (nSPS) is 30.0. The molecule has 1 aromatic carbocycles. The van der Waals surface area contributed by atoms with Crippen molar-refractivity contribution in [2.75, 3.05) is 6.61 Å². The topological polar surface area (TPSA) is 45.5 Å². The maximum Gasteiger partial charge on any atom is 0.495 e. The molecule has 3 aliphatic rings. The lowest BCUT2D eigenvalue weighted by molar-refractivity contribution is -0.0366. The molecule has 5 rings (SSSR count). The molecule has 0 N–H and O–H groups in total. The summed E-state index contributed by atoms with van der Waals surface area (Å²) in [5, 5.41) is 6.51. The average molecular weight is 429 g/mol. The summed E-state index contributed by atoms with van der Waals surface area (Å²) in [7, 11) is -0.484. The second-order valence-electron chi connectivity index (χ2n) is 9.86. The van der Waals surface area contributed by atoms with Gasteiger partial charge in [0, 0.05) is 17.0 Å². The van der Waals surface area contributed by atoms with Gasteiger partial charge < -0.3 is 14.0 Å². The highest BCUT2D eigenvalue weighted by molar-refractivity contribution is 6.66. The van der Waals surface area contributed by atoms with Crippen LogP contribution in [0.1, 0.15) is 71.1 Å². The minimum Gasteiger partial charge on any atom is -0.399 e. The van der Waals surface area contributed by atoms with Crippen molar-refractivity contribution in [3.8, 4) is 0 Å².